The third-order valence-electron chi connectivity index (χ3n) is 5.67. The Balaban J connectivity index is 1.31. The summed E-state index contributed by atoms with van der Waals surface area (Å²) < 4.78 is 11.6. The molecule has 3 atom stereocenters. The number of ether oxygens (including phenoxy) is 2. The SMILES string of the molecule is C=CCC1(CC/C(C)=C/C=C/CC/C=C\[C@@H]2CSC([C@@H]3C[C@@H]3C)=N2)OCCO1. The van der Waals surface area contributed by atoms with Gasteiger partial charge in [-0.2, -0.15) is 0 Å². The third kappa shape index (κ3) is 6.47. The first kappa shape index (κ1) is 21.6. The van der Waals surface area contributed by atoms with Crippen LogP contribution in [0.25, 0.3) is 0 Å². The molecule has 0 radical (unpaired) electrons. The molecule has 0 bridgehead atoms. The first-order valence-electron chi connectivity index (χ1n) is 10.7. The second-order valence-corrected chi connectivity index (χ2v) is 9.25. The predicted octanol–water partition coefficient (Wildman–Crippen LogP) is 6.09. The van der Waals surface area contributed by atoms with Crippen molar-refractivity contribution in [1.82, 2.24) is 0 Å². The molecule has 0 N–H and O–H groups in total. The van der Waals surface area contributed by atoms with Crippen molar-refractivity contribution in [1.29, 1.82) is 0 Å². The Kier molecular flexibility index (Phi) is 8.19. The number of unbranched alkanes of at least 4 members (excludes halogenated alkanes) is 1. The van der Waals surface area contributed by atoms with Crippen LogP contribution in [0.15, 0.2) is 53.6 Å². The molecule has 0 aromatic rings. The van der Waals surface area contributed by atoms with E-state index in [1.165, 1.54) is 17.0 Å². The van der Waals surface area contributed by atoms with Crippen molar-refractivity contribution in [2.24, 2.45) is 16.8 Å². The Labute approximate surface area is 175 Å². The monoisotopic (exact) mass is 401 g/mol. The molecule has 0 aromatic heterocycles. The number of aliphatic imine (C=N–C) groups is 1. The second kappa shape index (κ2) is 10.6. The fraction of sp³-hybridized carbons (Fsp3) is 0.625. The van der Waals surface area contributed by atoms with Crippen LogP contribution in [0.4, 0.5) is 0 Å². The number of thioether (sulfide) groups is 1. The van der Waals surface area contributed by atoms with Gasteiger partial charge < -0.3 is 9.47 Å². The minimum Gasteiger partial charge on any atom is -0.347 e. The number of nitrogens with zero attached hydrogens (tertiary/aromatic N) is 1. The maximum absolute atomic E-state index is 5.81. The Hall–Kier alpha value is -1.10. The molecule has 2 heterocycles. The normalized spacial score (nSPS) is 29.7. The van der Waals surface area contributed by atoms with E-state index in [0.717, 1.165) is 49.7 Å². The zero-order valence-corrected chi connectivity index (χ0v) is 18.3. The van der Waals surface area contributed by atoms with E-state index < -0.39 is 5.79 Å². The summed E-state index contributed by atoms with van der Waals surface area (Å²) in [6, 6.07) is 0.404. The quantitative estimate of drug-likeness (QED) is 0.238. The van der Waals surface area contributed by atoms with Gasteiger partial charge in [0.15, 0.2) is 5.79 Å². The van der Waals surface area contributed by atoms with Gasteiger partial charge in [-0.05, 0) is 38.5 Å². The van der Waals surface area contributed by atoms with E-state index in [9.17, 15) is 0 Å². The minimum absolute atomic E-state index is 0.404. The van der Waals surface area contributed by atoms with E-state index in [-0.39, 0.29) is 0 Å². The van der Waals surface area contributed by atoms with E-state index in [2.05, 4.69) is 50.8 Å². The Bertz CT molecular complexity index is 643. The van der Waals surface area contributed by atoms with Crippen LogP contribution < -0.4 is 0 Å². The van der Waals surface area contributed by atoms with E-state index in [0.29, 0.717) is 19.3 Å². The van der Waals surface area contributed by atoms with Crippen LogP contribution >= 0.6 is 11.8 Å². The topological polar surface area (TPSA) is 30.8 Å². The highest BCUT2D eigenvalue weighted by Gasteiger charge is 2.39. The zero-order chi connectivity index (χ0) is 19.8. The molecule has 1 aliphatic carbocycles. The molecule has 0 aromatic carbocycles. The largest absolute Gasteiger partial charge is 0.347 e. The van der Waals surface area contributed by atoms with Crippen molar-refractivity contribution in [2.45, 2.75) is 64.2 Å². The number of hydrogen-bond acceptors (Lipinski definition) is 4. The molecule has 1 saturated carbocycles. The highest BCUT2D eigenvalue weighted by atomic mass is 32.2. The zero-order valence-electron chi connectivity index (χ0n) is 17.4. The van der Waals surface area contributed by atoms with Crippen LogP contribution in [0.2, 0.25) is 0 Å². The van der Waals surface area contributed by atoms with Crippen molar-refractivity contribution >= 4 is 16.8 Å². The van der Waals surface area contributed by atoms with Crippen LogP contribution in [-0.4, -0.2) is 35.8 Å². The van der Waals surface area contributed by atoms with Gasteiger partial charge in [0.25, 0.3) is 0 Å². The average molecular weight is 402 g/mol. The second-order valence-electron chi connectivity index (χ2n) is 8.21. The van der Waals surface area contributed by atoms with Crippen molar-refractivity contribution in [3.05, 3.63) is 48.6 Å². The van der Waals surface area contributed by atoms with Gasteiger partial charge in [0.05, 0.1) is 24.3 Å². The first-order valence-corrected chi connectivity index (χ1v) is 11.7. The van der Waals surface area contributed by atoms with E-state index in [1.807, 2.05) is 17.8 Å². The Morgan fingerprint density at radius 1 is 1.29 bits per heavy atom. The van der Waals surface area contributed by atoms with Crippen molar-refractivity contribution in [3.8, 4) is 0 Å². The van der Waals surface area contributed by atoms with Crippen LogP contribution in [0.1, 0.15) is 52.4 Å². The smallest absolute Gasteiger partial charge is 0.172 e. The number of allylic oxidation sites excluding steroid dienone is 5. The summed E-state index contributed by atoms with van der Waals surface area (Å²) in [5.74, 6) is 2.33. The fourth-order valence-corrected chi connectivity index (χ4v) is 4.98. The molecule has 3 rings (SSSR count). The van der Waals surface area contributed by atoms with Gasteiger partial charge >= 0.3 is 0 Å². The maximum Gasteiger partial charge on any atom is 0.172 e. The highest BCUT2D eigenvalue weighted by molar-refractivity contribution is 8.14. The lowest BCUT2D eigenvalue weighted by atomic mass is 10.0. The summed E-state index contributed by atoms with van der Waals surface area (Å²) in [6.45, 7) is 9.71. The molecule has 0 spiro atoms. The van der Waals surface area contributed by atoms with E-state index in [1.54, 1.807) is 0 Å². The summed E-state index contributed by atoms with van der Waals surface area (Å²) in [6.07, 6.45) is 19.2. The molecule has 2 aliphatic heterocycles. The summed E-state index contributed by atoms with van der Waals surface area (Å²) in [5.41, 5.74) is 1.36. The van der Waals surface area contributed by atoms with Crippen molar-refractivity contribution in [3.63, 3.8) is 0 Å². The third-order valence-corrected chi connectivity index (χ3v) is 6.88. The molecule has 154 valence electrons. The van der Waals surface area contributed by atoms with Gasteiger partial charge in [-0.25, -0.2) is 0 Å². The molecule has 3 aliphatic rings. The van der Waals surface area contributed by atoms with Crippen LogP contribution in [0.3, 0.4) is 0 Å². The van der Waals surface area contributed by atoms with Crippen LogP contribution in [0.5, 0.6) is 0 Å². The fourth-order valence-electron chi connectivity index (χ4n) is 3.70. The van der Waals surface area contributed by atoms with Gasteiger partial charge in [-0.15, -0.1) is 18.3 Å². The van der Waals surface area contributed by atoms with Gasteiger partial charge in [0.2, 0.25) is 0 Å². The van der Waals surface area contributed by atoms with Gasteiger partial charge in [0, 0.05) is 24.5 Å². The molecule has 1 saturated heterocycles. The molecule has 0 amide bonds. The molecule has 2 fully saturated rings. The van der Waals surface area contributed by atoms with Gasteiger partial charge in [0.1, 0.15) is 0 Å². The summed E-state index contributed by atoms with van der Waals surface area (Å²) >= 11 is 1.97. The lowest BCUT2D eigenvalue weighted by molar-refractivity contribution is -0.158. The van der Waals surface area contributed by atoms with Crippen molar-refractivity contribution < 1.29 is 9.47 Å². The summed E-state index contributed by atoms with van der Waals surface area (Å²) in [4.78, 5) is 4.87. The molecular formula is C24H35NO2S. The van der Waals surface area contributed by atoms with E-state index in [4.69, 9.17) is 14.5 Å². The number of hydrogen-bond donors (Lipinski definition) is 0. The molecular weight excluding hydrogens is 366 g/mol. The Morgan fingerprint density at radius 2 is 2.04 bits per heavy atom. The summed E-state index contributed by atoms with van der Waals surface area (Å²) in [5, 5.41) is 1.41. The molecule has 4 heteroatoms. The van der Waals surface area contributed by atoms with Crippen molar-refractivity contribution in [2.75, 3.05) is 19.0 Å². The van der Waals surface area contributed by atoms with Gasteiger partial charge in [-0.3, -0.25) is 4.99 Å². The highest BCUT2D eigenvalue weighted by Crippen LogP contribution is 2.44. The maximum atomic E-state index is 5.81. The summed E-state index contributed by atoms with van der Waals surface area (Å²) in [7, 11) is 0. The lowest BCUT2D eigenvalue weighted by Gasteiger charge is -2.26. The van der Waals surface area contributed by atoms with E-state index >= 15 is 0 Å². The minimum atomic E-state index is -0.441. The van der Waals surface area contributed by atoms with Gasteiger partial charge in [-0.1, -0.05) is 49.0 Å². The molecule has 0 unspecified atom stereocenters. The predicted molar refractivity (Wildman–Crippen MR) is 121 cm³/mol. The van der Waals surface area contributed by atoms with Crippen LogP contribution in [0, 0.1) is 11.8 Å². The Morgan fingerprint density at radius 3 is 2.75 bits per heavy atom. The first-order chi connectivity index (χ1) is 13.6. The molecule has 3 nitrogen and oxygen atoms in total. The molecule has 28 heavy (non-hydrogen) atoms. The number of rotatable bonds is 11. The lowest BCUT2D eigenvalue weighted by Crippen LogP contribution is -2.29. The average Bonchev–Trinajstić information content (AvgIpc) is 3.08. The van der Waals surface area contributed by atoms with Crippen LogP contribution in [-0.2, 0) is 9.47 Å². The standard InChI is InChI=1S/C24H35NO2S/c1-4-13-24(26-15-16-27-24)14-12-19(2)10-8-6-5-7-9-11-21-18-28-23(25-21)22-17-20(22)3/h4,6,8-11,20-22H,1,5,7,12-18H2,2-3H3/b8-6+,11-9-,19-10+/t20-,21+,22+/m0/s1.